The Balaban J connectivity index is 0.000001000. The van der Waals surface area contributed by atoms with Gasteiger partial charge in [0, 0.05) is 37.5 Å². The van der Waals surface area contributed by atoms with Crippen LogP contribution in [0.3, 0.4) is 0 Å². The summed E-state index contributed by atoms with van der Waals surface area (Å²) in [6.07, 6.45) is 2.66. The van der Waals surface area contributed by atoms with Crippen molar-refractivity contribution < 1.29 is 19.5 Å². The summed E-state index contributed by atoms with van der Waals surface area (Å²) in [6.45, 7) is 0. The normalized spacial score (nSPS) is 9.20. The summed E-state index contributed by atoms with van der Waals surface area (Å²) >= 11 is 0. The van der Waals surface area contributed by atoms with E-state index in [0.717, 1.165) is 11.1 Å². The van der Waals surface area contributed by atoms with E-state index < -0.39 is 0 Å². The van der Waals surface area contributed by atoms with E-state index >= 15 is 0 Å². The van der Waals surface area contributed by atoms with Crippen molar-refractivity contribution >= 4 is 17.0 Å². The molecule has 2 aromatic carbocycles. The van der Waals surface area contributed by atoms with Crippen LogP contribution in [0.1, 0.15) is 0 Å². The summed E-state index contributed by atoms with van der Waals surface area (Å²) in [5, 5.41) is 0. The standard InChI is InChI=1S/C15H10N3.BrH.Zn/c1-3-7-12(8-4-1)14-16-11-17-15(18-14)13-9-5-2-6-10-13;;/h1-10H;1H;/q-1;;. The van der Waals surface area contributed by atoms with Crippen LogP contribution in [0.15, 0.2) is 60.7 Å². The molecule has 0 aliphatic carbocycles. The third-order valence-electron chi connectivity index (χ3n) is 2.59. The van der Waals surface area contributed by atoms with E-state index in [1.807, 2.05) is 60.7 Å². The van der Waals surface area contributed by atoms with Gasteiger partial charge in [0.1, 0.15) is 0 Å². The first kappa shape index (κ1) is 16.6. The largest absolute Gasteiger partial charge is 0.348 e. The molecule has 0 N–H and O–H groups in total. The fraction of sp³-hybridized carbons (Fsp3) is 0. The Morgan fingerprint density at radius 1 is 0.650 bits per heavy atom. The number of aromatic nitrogens is 3. The number of hydrogen-bond acceptors (Lipinski definition) is 3. The predicted octanol–water partition coefficient (Wildman–Crippen LogP) is 3.58. The van der Waals surface area contributed by atoms with Gasteiger partial charge in [0.2, 0.25) is 0 Å². The van der Waals surface area contributed by atoms with Crippen LogP contribution in [0.4, 0.5) is 0 Å². The molecule has 96 valence electrons. The molecule has 0 aliphatic heterocycles. The molecule has 0 atom stereocenters. The first-order valence-electron chi connectivity index (χ1n) is 5.66. The number of rotatable bonds is 2. The molecule has 20 heavy (non-hydrogen) atoms. The van der Waals surface area contributed by atoms with Gasteiger partial charge >= 0.3 is 0 Å². The van der Waals surface area contributed by atoms with Gasteiger partial charge in [0.25, 0.3) is 0 Å². The van der Waals surface area contributed by atoms with Gasteiger partial charge in [-0.2, -0.15) is 0 Å². The molecular formula is C15H11BrN3Zn-. The maximum Gasteiger partial charge on any atom is 0.0474 e. The molecule has 0 radical (unpaired) electrons. The van der Waals surface area contributed by atoms with Crippen molar-refractivity contribution in [3.05, 3.63) is 67.0 Å². The van der Waals surface area contributed by atoms with Crippen LogP contribution in [0.2, 0.25) is 0 Å². The minimum absolute atomic E-state index is 0. The number of nitrogens with zero attached hydrogens (tertiary/aromatic N) is 3. The zero-order valence-electron chi connectivity index (χ0n) is 10.7. The van der Waals surface area contributed by atoms with E-state index in [2.05, 4.69) is 21.3 Å². The minimum atomic E-state index is 0. The zero-order valence-corrected chi connectivity index (χ0v) is 15.4. The van der Waals surface area contributed by atoms with Gasteiger partial charge in [-0.25, -0.2) is 0 Å². The van der Waals surface area contributed by atoms with Crippen molar-refractivity contribution in [2.75, 3.05) is 0 Å². The Bertz CT molecular complexity index is 593. The maximum absolute atomic E-state index is 4.46. The van der Waals surface area contributed by atoms with E-state index in [4.69, 9.17) is 0 Å². The van der Waals surface area contributed by atoms with Crippen LogP contribution in [-0.2, 0) is 19.5 Å². The topological polar surface area (TPSA) is 38.7 Å². The molecule has 3 nitrogen and oxygen atoms in total. The summed E-state index contributed by atoms with van der Waals surface area (Å²) in [7, 11) is 0. The van der Waals surface area contributed by atoms with Gasteiger partial charge in [-0.15, -0.1) is 17.0 Å². The second-order valence-corrected chi connectivity index (χ2v) is 3.81. The molecule has 3 rings (SSSR count). The minimum Gasteiger partial charge on any atom is -0.348 e. The SMILES string of the molecule is Br.[Zn].[c-]1nc(-c2ccccc2)nc(-c2ccccc2)n1. The molecule has 0 spiro atoms. The van der Waals surface area contributed by atoms with Crippen LogP contribution in [0, 0.1) is 6.33 Å². The van der Waals surface area contributed by atoms with Crippen LogP contribution in [-0.4, -0.2) is 15.0 Å². The molecule has 0 fully saturated rings. The Morgan fingerprint density at radius 3 is 1.45 bits per heavy atom. The number of halogens is 1. The van der Waals surface area contributed by atoms with Crippen molar-refractivity contribution in [1.82, 2.24) is 15.0 Å². The summed E-state index contributed by atoms with van der Waals surface area (Å²) in [4.78, 5) is 12.6. The van der Waals surface area contributed by atoms with Crippen molar-refractivity contribution in [1.29, 1.82) is 0 Å². The molecule has 5 heteroatoms. The van der Waals surface area contributed by atoms with Crippen molar-refractivity contribution in [3.8, 4) is 22.8 Å². The van der Waals surface area contributed by atoms with E-state index in [-0.39, 0.29) is 36.5 Å². The van der Waals surface area contributed by atoms with E-state index in [1.165, 1.54) is 0 Å². The van der Waals surface area contributed by atoms with Gasteiger partial charge in [-0.1, -0.05) is 60.7 Å². The molecule has 1 heterocycles. The molecule has 0 saturated heterocycles. The molecule has 0 amide bonds. The number of benzene rings is 2. The fourth-order valence-electron chi connectivity index (χ4n) is 1.70. The summed E-state index contributed by atoms with van der Waals surface area (Å²) in [6, 6.07) is 19.6. The Hall–Kier alpha value is -1.45. The van der Waals surface area contributed by atoms with E-state index in [9.17, 15) is 0 Å². The molecule has 3 aromatic rings. The van der Waals surface area contributed by atoms with Crippen LogP contribution < -0.4 is 0 Å². The first-order chi connectivity index (χ1) is 8.93. The van der Waals surface area contributed by atoms with Gasteiger partial charge in [-0.3, -0.25) is 0 Å². The summed E-state index contributed by atoms with van der Waals surface area (Å²) < 4.78 is 0. The summed E-state index contributed by atoms with van der Waals surface area (Å²) in [5.41, 5.74) is 1.93. The molecule has 0 unspecified atom stereocenters. The molecule has 0 saturated carbocycles. The second-order valence-electron chi connectivity index (χ2n) is 3.81. The van der Waals surface area contributed by atoms with Crippen molar-refractivity contribution in [3.63, 3.8) is 0 Å². The van der Waals surface area contributed by atoms with E-state index in [0.29, 0.717) is 11.6 Å². The average Bonchev–Trinajstić information content (AvgIpc) is 2.49. The summed E-state index contributed by atoms with van der Waals surface area (Å²) in [5.74, 6) is 1.29. The van der Waals surface area contributed by atoms with Crippen LogP contribution in [0.25, 0.3) is 22.8 Å². The first-order valence-corrected chi connectivity index (χ1v) is 5.66. The average molecular weight is 379 g/mol. The molecular weight excluding hydrogens is 367 g/mol. The quantitative estimate of drug-likeness (QED) is 0.505. The second kappa shape index (κ2) is 7.98. The monoisotopic (exact) mass is 376 g/mol. The maximum atomic E-state index is 4.46. The third kappa shape index (κ3) is 3.78. The Labute approximate surface area is 141 Å². The third-order valence-corrected chi connectivity index (χ3v) is 2.59. The molecule has 0 aliphatic rings. The van der Waals surface area contributed by atoms with Crippen LogP contribution >= 0.6 is 17.0 Å². The Morgan fingerprint density at radius 2 is 1.05 bits per heavy atom. The Kier molecular flexibility index (Phi) is 6.62. The number of hydrogen-bond donors (Lipinski definition) is 0. The van der Waals surface area contributed by atoms with Crippen LogP contribution in [0.5, 0.6) is 0 Å². The predicted molar refractivity (Wildman–Crippen MR) is 79.9 cm³/mol. The molecule has 1 aromatic heterocycles. The zero-order chi connectivity index (χ0) is 12.2. The van der Waals surface area contributed by atoms with Gasteiger partial charge in [-0.05, 0) is 11.1 Å². The van der Waals surface area contributed by atoms with Gasteiger partial charge in [0.15, 0.2) is 0 Å². The van der Waals surface area contributed by atoms with Crippen molar-refractivity contribution in [2.24, 2.45) is 0 Å². The smallest absolute Gasteiger partial charge is 0.0474 e. The van der Waals surface area contributed by atoms with Gasteiger partial charge in [0.05, 0.1) is 0 Å². The fourth-order valence-corrected chi connectivity index (χ4v) is 1.70. The van der Waals surface area contributed by atoms with E-state index in [1.54, 1.807) is 0 Å². The van der Waals surface area contributed by atoms with Gasteiger partial charge < -0.3 is 15.0 Å². The van der Waals surface area contributed by atoms with Crippen molar-refractivity contribution in [2.45, 2.75) is 0 Å². The molecule has 0 bridgehead atoms.